The maximum absolute atomic E-state index is 13.8. The molecule has 4 aromatic rings. The Morgan fingerprint density at radius 3 is 2.35 bits per heavy atom. The standard InChI is InChI=1S/C29H31N3O4S/c1-4-31(29(33)20-24-13-9-12-23-11-6-7-14-26(23)24)18-19-32(25-16-17-28(36-3)30-21-25)37(34,35)27-15-8-5-10-22(27)2/h5-17,21H,4,18-20H2,1-3H3. The van der Waals surface area contributed by atoms with Crippen molar-refractivity contribution in [2.75, 3.05) is 31.0 Å². The lowest BCUT2D eigenvalue weighted by Gasteiger charge is -2.29. The summed E-state index contributed by atoms with van der Waals surface area (Å²) in [7, 11) is -2.40. The second-order valence-corrected chi connectivity index (χ2v) is 10.5. The van der Waals surface area contributed by atoms with Gasteiger partial charge in [0.05, 0.1) is 36.9 Å². The van der Waals surface area contributed by atoms with E-state index < -0.39 is 10.0 Å². The molecule has 0 saturated heterocycles. The normalized spacial score (nSPS) is 11.3. The van der Waals surface area contributed by atoms with E-state index in [4.69, 9.17) is 4.74 Å². The molecule has 1 aromatic heterocycles. The molecule has 0 atom stereocenters. The van der Waals surface area contributed by atoms with Crippen LogP contribution < -0.4 is 9.04 Å². The molecule has 0 saturated carbocycles. The Morgan fingerprint density at radius 1 is 0.919 bits per heavy atom. The van der Waals surface area contributed by atoms with Crippen LogP contribution in [0.4, 0.5) is 5.69 Å². The first-order valence-electron chi connectivity index (χ1n) is 12.2. The molecule has 192 valence electrons. The van der Waals surface area contributed by atoms with E-state index in [0.29, 0.717) is 23.7 Å². The summed E-state index contributed by atoms with van der Waals surface area (Å²) in [5.74, 6) is 0.331. The quantitative estimate of drug-likeness (QED) is 0.301. The number of fused-ring (bicyclic) bond motifs is 1. The fourth-order valence-corrected chi connectivity index (χ4v) is 6.06. The minimum atomic E-state index is -3.91. The number of hydrogen-bond acceptors (Lipinski definition) is 5. The van der Waals surface area contributed by atoms with Gasteiger partial charge < -0.3 is 9.64 Å². The van der Waals surface area contributed by atoms with Crippen molar-refractivity contribution in [2.24, 2.45) is 0 Å². The van der Waals surface area contributed by atoms with Gasteiger partial charge >= 0.3 is 0 Å². The first-order chi connectivity index (χ1) is 17.8. The van der Waals surface area contributed by atoms with Gasteiger partial charge in [-0.25, -0.2) is 13.4 Å². The number of methoxy groups -OCH3 is 1. The van der Waals surface area contributed by atoms with Crippen LogP contribution in [0, 0.1) is 6.92 Å². The van der Waals surface area contributed by atoms with E-state index in [1.54, 1.807) is 48.2 Å². The van der Waals surface area contributed by atoms with Gasteiger partial charge in [0, 0.05) is 19.2 Å². The van der Waals surface area contributed by atoms with Crippen LogP contribution in [0.2, 0.25) is 0 Å². The molecule has 0 aliphatic heterocycles. The molecular formula is C29H31N3O4S. The summed E-state index contributed by atoms with van der Waals surface area (Å²) < 4.78 is 34.0. The lowest BCUT2D eigenvalue weighted by Crippen LogP contribution is -2.42. The molecule has 0 aliphatic rings. The molecule has 1 amide bonds. The number of anilines is 1. The average Bonchev–Trinajstić information content (AvgIpc) is 2.91. The van der Waals surface area contributed by atoms with Crippen LogP contribution >= 0.6 is 0 Å². The van der Waals surface area contributed by atoms with Crippen molar-refractivity contribution in [3.63, 3.8) is 0 Å². The molecular weight excluding hydrogens is 486 g/mol. The Labute approximate surface area is 218 Å². The zero-order chi connectivity index (χ0) is 26.4. The van der Waals surface area contributed by atoms with Crippen molar-refractivity contribution >= 4 is 32.4 Å². The molecule has 0 fully saturated rings. The van der Waals surface area contributed by atoms with Gasteiger partial charge in [0.2, 0.25) is 11.8 Å². The molecule has 7 nitrogen and oxygen atoms in total. The summed E-state index contributed by atoms with van der Waals surface area (Å²) in [5.41, 5.74) is 2.00. The Balaban J connectivity index is 1.60. The Bertz CT molecular complexity index is 1480. The molecule has 0 N–H and O–H groups in total. The van der Waals surface area contributed by atoms with Crippen molar-refractivity contribution in [3.05, 3.63) is 96.2 Å². The maximum atomic E-state index is 13.8. The van der Waals surface area contributed by atoms with Crippen molar-refractivity contribution in [1.82, 2.24) is 9.88 Å². The SMILES string of the molecule is CCN(CCN(c1ccc(OC)nc1)S(=O)(=O)c1ccccc1C)C(=O)Cc1cccc2ccccc12. The Morgan fingerprint density at radius 2 is 1.65 bits per heavy atom. The minimum Gasteiger partial charge on any atom is -0.481 e. The predicted molar refractivity (Wildman–Crippen MR) is 146 cm³/mol. The van der Waals surface area contributed by atoms with E-state index in [1.807, 2.05) is 49.4 Å². The van der Waals surface area contributed by atoms with E-state index in [1.165, 1.54) is 17.6 Å². The van der Waals surface area contributed by atoms with Crippen LogP contribution in [-0.4, -0.2) is 51.0 Å². The summed E-state index contributed by atoms with van der Waals surface area (Å²) in [4.78, 5) is 19.4. The smallest absolute Gasteiger partial charge is 0.264 e. The summed E-state index contributed by atoms with van der Waals surface area (Å²) >= 11 is 0. The van der Waals surface area contributed by atoms with Gasteiger partial charge in [0.25, 0.3) is 10.0 Å². The topological polar surface area (TPSA) is 79.8 Å². The molecule has 8 heteroatoms. The number of aryl methyl sites for hydroxylation is 1. The fourth-order valence-electron chi connectivity index (χ4n) is 4.39. The van der Waals surface area contributed by atoms with Crippen LogP contribution in [0.15, 0.2) is 90.0 Å². The van der Waals surface area contributed by atoms with Crippen molar-refractivity contribution < 1.29 is 17.9 Å². The third-order valence-corrected chi connectivity index (χ3v) is 8.40. The number of pyridine rings is 1. The molecule has 0 radical (unpaired) electrons. The molecule has 37 heavy (non-hydrogen) atoms. The number of carbonyl (C=O) groups excluding carboxylic acids is 1. The van der Waals surface area contributed by atoms with Gasteiger partial charge in [-0.1, -0.05) is 60.7 Å². The number of nitrogens with zero attached hydrogens (tertiary/aromatic N) is 3. The third kappa shape index (κ3) is 5.75. The van der Waals surface area contributed by atoms with Crippen LogP contribution in [0.25, 0.3) is 10.8 Å². The second kappa shape index (κ2) is 11.4. The van der Waals surface area contributed by atoms with E-state index in [9.17, 15) is 13.2 Å². The summed E-state index contributed by atoms with van der Waals surface area (Å²) in [5, 5.41) is 2.13. The molecule has 0 aliphatic carbocycles. The highest BCUT2D eigenvalue weighted by Gasteiger charge is 2.28. The average molecular weight is 518 g/mol. The van der Waals surface area contributed by atoms with Crippen molar-refractivity contribution in [2.45, 2.75) is 25.2 Å². The zero-order valence-corrected chi connectivity index (χ0v) is 22.1. The van der Waals surface area contributed by atoms with E-state index in [-0.39, 0.29) is 30.3 Å². The van der Waals surface area contributed by atoms with Crippen LogP contribution in [-0.2, 0) is 21.2 Å². The van der Waals surface area contributed by atoms with E-state index in [0.717, 1.165) is 16.3 Å². The monoisotopic (exact) mass is 517 g/mol. The number of amides is 1. The number of aromatic nitrogens is 1. The molecule has 4 rings (SSSR count). The van der Waals surface area contributed by atoms with Crippen molar-refractivity contribution in [1.29, 1.82) is 0 Å². The number of carbonyl (C=O) groups is 1. The fraction of sp³-hybridized carbons (Fsp3) is 0.241. The Kier molecular flexibility index (Phi) is 8.08. The maximum Gasteiger partial charge on any atom is 0.264 e. The second-order valence-electron chi connectivity index (χ2n) is 8.69. The van der Waals surface area contributed by atoms with E-state index in [2.05, 4.69) is 4.98 Å². The van der Waals surface area contributed by atoms with Crippen LogP contribution in [0.3, 0.4) is 0 Å². The predicted octanol–water partition coefficient (Wildman–Crippen LogP) is 4.84. The summed E-state index contributed by atoms with van der Waals surface area (Å²) in [6, 6.07) is 24.1. The number of rotatable bonds is 10. The highest BCUT2D eigenvalue weighted by Crippen LogP contribution is 2.26. The van der Waals surface area contributed by atoms with Crippen molar-refractivity contribution in [3.8, 4) is 5.88 Å². The number of ether oxygens (including phenoxy) is 1. The number of sulfonamides is 1. The number of likely N-dealkylation sites (N-methyl/N-ethyl adjacent to an activating group) is 1. The lowest BCUT2D eigenvalue weighted by molar-refractivity contribution is -0.130. The summed E-state index contributed by atoms with van der Waals surface area (Å²) in [6.07, 6.45) is 1.71. The highest BCUT2D eigenvalue weighted by atomic mass is 32.2. The molecule has 0 unspecified atom stereocenters. The largest absolute Gasteiger partial charge is 0.481 e. The molecule has 1 heterocycles. The van der Waals surface area contributed by atoms with Gasteiger partial charge in [-0.05, 0) is 47.9 Å². The minimum absolute atomic E-state index is 0.0556. The van der Waals surface area contributed by atoms with Gasteiger partial charge in [0.15, 0.2) is 0 Å². The first kappa shape index (κ1) is 26.2. The Hall–Kier alpha value is -3.91. The van der Waals surface area contributed by atoms with Gasteiger partial charge in [-0.15, -0.1) is 0 Å². The number of benzene rings is 3. The van der Waals surface area contributed by atoms with Gasteiger partial charge in [0.1, 0.15) is 0 Å². The van der Waals surface area contributed by atoms with Gasteiger partial charge in [-0.2, -0.15) is 0 Å². The number of hydrogen-bond donors (Lipinski definition) is 0. The molecule has 0 spiro atoms. The molecule has 3 aromatic carbocycles. The zero-order valence-electron chi connectivity index (χ0n) is 21.3. The summed E-state index contributed by atoms with van der Waals surface area (Å²) in [6.45, 7) is 4.44. The first-order valence-corrected chi connectivity index (χ1v) is 13.6. The molecule has 0 bridgehead atoms. The van der Waals surface area contributed by atoms with Crippen LogP contribution in [0.5, 0.6) is 5.88 Å². The lowest BCUT2D eigenvalue weighted by atomic mass is 10.0. The van der Waals surface area contributed by atoms with Crippen LogP contribution in [0.1, 0.15) is 18.1 Å². The van der Waals surface area contributed by atoms with Gasteiger partial charge in [-0.3, -0.25) is 9.10 Å². The van der Waals surface area contributed by atoms with E-state index >= 15 is 0 Å². The highest BCUT2D eigenvalue weighted by molar-refractivity contribution is 7.92. The third-order valence-electron chi connectivity index (χ3n) is 6.41.